The monoisotopic (exact) mass is 391 g/mol. The van der Waals surface area contributed by atoms with E-state index >= 15 is 0 Å². The van der Waals surface area contributed by atoms with Crippen LogP contribution in [0.25, 0.3) is 6.08 Å². The van der Waals surface area contributed by atoms with Crippen LogP contribution in [0.2, 0.25) is 0 Å². The SMILES string of the molecule is C[C@H](NS(=O)(=O)/C=C/c1ccccc1)C(=O)OCC(=O)c1cccc(F)c1. The lowest BCUT2D eigenvalue weighted by Crippen LogP contribution is -2.39. The summed E-state index contributed by atoms with van der Waals surface area (Å²) >= 11 is 0. The van der Waals surface area contributed by atoms with Crippen molar-refractivity contribution < 1.29 is 27.1 Å². The van der Waals surface area contributed by atoms with Crippen molar-refractivity contribution in [2.24, 2.45) is 0 Å². The van der Waals surface area contributed by atoms with E-state index in [0.717, 1.165) is 11.5 Å². The zero-order valence-electron chi connectivity index (χ0n) is 14.5. The van der Waals surface area contributed by atoms with Gasteiger partial charge in [0, 0.05) is 11.0 Å². The van der Waals surface area contributed by atoms with Crippen LogP contribution in [-0.4, -0.2) is 32.8 Å². The Morgan fingerprint density at radius 3 is 2.52 bits per heavy atom. The number of Topliss-reactive ketones (excluding diaryl/α,β-unsaturated/α-hetero) is 1. The number of esters is 1. The second-order valence-electron chi connectivity index (χ2n) is 5.64. The molecule has 0 fully saturated rings. The molecule has 27 heavy (non-hydrogen) atoms. The summed E-state index contributed by atoms with van der Waals surface area (Å²) in [6.45, 7) is 0.678. The third kappa shape index (κ3) is 6.76. The van der Waals surface area contributed by atoms with Gasteiger partial charge in [-0.2, -0.15) is 4.72 Å². The molecule has 1 N–H and O–H groups in total. The lowest BCUT2D eigenvalue weighted by molar-refractivity contribution is -0.144. The zero-order valence-corrected chi connectivity index (χ0v) is 15.3. The van der Waals surface area contributed by atoms with Gasteiger partial charge in [-0.15, -0.1) is 0 Å². The van der Waals surface area contributed by atoms with Crippen LogP contribution in [0, 0.1) is 5.82 Å². The van der Waals surface area contributed by atoms with Gasteiger partial charge in [0.1, 0.15) is 11.9 Å². The van der Waals surface area contributed by atoms with Gasteiger partial charge in [0.2, 0.25) is 10.0 Å². The number of ether oxygens (including phenoxy) is 1. The van der Waals surface area contributed by atoms with Gasteiger partial charge in [0.25, 0.3) is 0 Å². The third-order valence-corrected chi connectivity index (χ3v) is 4.60. The lowest BCUT2D eigenvalue weighted by atomic mass is 10.1. The van der Waals surface area contributed by atoms with E-state index in [1.165, 1.54) is 31.2 Å². The molecule has 0 aliphatic heterocycles. The maximum absolute atomic E-state index is 13.1. The highest BCUT2D eigenvalue weighted by Gasteiger charge is 2.21. The number of nitrogens with one attached hydrogen (secondary N) is 1. The van der Waals surface area contributed by atoms with Gasteiger partial charge in [-0.3, -0.25) is 9.59 Å². The molecule has 142 valence electrons. The number of carbonyl (C=O) groups is 2. The van der Waals surface area contributed by atoms with Crippen molar-refractivity contribution in [3.8, 4) is 0 Å². The molecule has 0 aliphatic rings. The molecule has 0 unspecified atom stereocenters. The number of sulfonamides is 1. The van der Waals surface area contributed by atoms with Crippen LogP contribution in [0.3, 0.4) is 0 Å². The molecule has 8 heteroatoms. The molecule has 2 aromatic carbocycles. The Kier molecular flexibility index (Phi) is 6.98. The van der Waals surface area contributed by atoms with E-state index in [1.807, 2.05) is 0 Å². The van der Waals surface area contributed by atoms with Crippen molar-refractivity contribution in [3.63, 3.8) is 0 Å². The first-order valence-electron chi connectivity index (χ1n) is 7.98. The maximum Gasteiger partial charge on any atom is 0.324 e. The van der Waals surface area contributed by atoms with E-state index in [0.29, 0.717) is 5.56 Å². The highest BCUT2D eigenvalue weighted by Crippen LogP contribution is 2.06. The molecule has 2 aromatic rings. The average molecular weight is 391 g/mol. The van der Waals surface area contributed by atoms with Crippen molar-refractivity contribution >= 4 is 27.9 Å². The summed E-state index contributed by atoms with van der Waals surface area (Å²) in [6.07, 6.45) is 1.38. The zero-order chi connectivity index (χ0) is 19.9. The number of ketones is 1. The molecule has 0 aliphatic carbocycles. The Morgan fingerprint density at radius 2 is 1.85 bits per heavy atom. The number of hydrogen-bond donors (Lipinski definition) is 1. The summed E-state index contributed by atoms with van der Waals surface area (Å²) in [5, 5.41) is 0.935. The number of benzene rings is 2. The molecule has 0 saturated heterocycles. The standard InChI is InChI=1S/C19H18FNO5S/c1-14(21-27(24,25)11-10-15-6-3-2-4-7-15)19(23)26-13-18(22)16-8-5-9-17(20)12-16/h2-12,14,21H,13H2,1H3/b11-10+/t14-/m0/s1. The first-order chi connectivity index (χ1) is 12.8. The molecular weight excluding hydrogens is 373 g/mol. The topological polar surface area (TPSA) is 89.5 Å². The Balaban J connectivity index is 1.89. The number of halogens is 1. The normalized spacial score (nSPS) is 12.7. The predicted octanol–water partition coefficient (Wildman–Crippen LogP) is 2.53. The van der Waals surface area contributed by atoms with E-state index in [2.05, 4.69) is 4.72 Å². The van der Waals surface area contributed by atoms with Gasteiger partial charge in [-0.05, 0) is 30.7 Å². The Morgan fingerprint density at radius 1 is 1.15 bits per heavy atom. The van der Waals surface area contributed by atoms with Crippen LogP contribution in [0.4, 0.5) is 4.39 Å². The molecule has 0 radical (unpaired) electrons. The minimum absolute atomic E-state index is 0.0572. The minimum atomic E-state index is -3.89. The van der Waals surface area contributed by atoms with Crippen molar-refractivity contribution in [1.82, 2.24) is 4.72 Å². The van der Waals surface area contributed by atoms with Gasteiger partial charge in [-0.25, -0.2) is 12.8 Å². The van der Waals surface area contributed by atoms with Crippen molar-refractivity contribution in [2.75, 3.05) is 6.61 Å². The number of rotatable bonds is 8. The molecule has 0 aromatic heterocycles. The third-order valence-electron chi connectivity index (χ3n) is 3.43. The van der Waals surface area contributed by atoms with Gasteiger partial charge < -0.3 is 4.74 Å². The highest BCUT2D eigenvalue weighted by molar-refractivity contribution is 7.92. The Bertz CT molecular complexity index is 942. The summed E-state index contributed by atoms with van der Waals surface area (Å²) in [5.41, 5.74) is 0.737. The van der Waals surface area contributed by atoms with Crippen LogP contribution in [0.15, 0.2) is 60.0 Å². The molecule has 0 bridgehead atoms. The smallest absolute Gasteiger partial charge is 0.324 e. The first-order valence-corrected chi connectivity index (χ1v) is 9.52. The van der Waals surface area contributed by atoms with Crippen LogP contribution in [0.1, 0.15) is 22.8 Å². The molecule has 2 rings (SSSR count). The Hall–Kier alpha value is -2.84. The van der Waals surface area contributed by atoms with E-state index in [9.17, 15) is 22.4 Å². The maximum atomic E-state index is 13.1. The average Bonchev–Trinajstić information content (AvgIpc) is 2.64. The first kappa shape index (κ1) is 20.5. The molecular formula is C19H18FNO5S. The van der Waals surface area contributed by atoms with E-state index in [1.54, 1.807) is 30.3 Å². The fourth-order valence-corrected chi connectivity index (χ4v) is 3.08. The molecule has 6 nitrogen and oxygen atoms in total. The van der Waals surface area contributed by atoms with E-state index in [4.69, 9.17) is 4.74 Å². The molecule has 0 heterocycles. The predicted molar refractivity (Wildman–Crippen MR) is 98.7 cm³/mol. The molecule has 1 atom stereocenters. The van der Waals surface area contributed by atoms with Crippen molar-refractivity contribution in [3.05, 3.63) is 76.9 Å². The Labute approximate surface area is 156 Å². The van der Waals surface area contributed by atoms with Crippen molar-refractivity contribution in [2.45, 2.75) is 13.0 Å². The summed E-state index contributed by atoms with van der Waals surface area (Å²) in [7, 11) is -3.89. The summed E-state index contributed by atoms with van der Waals surface area (Å²) in [6, 6.07) is 12.5. The highest BCUT2D eigenvalue weighted by atomic mass is 32.2. The summed E-state index contributed by atoms with van der Waals surface area (Å²) in [4.78, 5) is 23.8. The van der Waals surface area contributed by atoms with Crippen molar-refractivity contribution in [1.29, 1.82) is 0 Å². The van der Waals surface area contributed by atoms with Gasteiger partial charge in [0.05, 0.1) is 0 Å². The van der Waals surface area contributed by atoms with E-state index in [-0.39, 0.29) is 5.56 Å². The lowest BCUT2D eigenvalue weighted by Gasteiger charge is -2.12. The fraction of sp³-hybridized carbons (Fsp3) is 0.158. The second kappa shape index (κ2) is 9.20. The van der Waals surface area contributed by atoms with Gasteiger partial charge in [0.15, 0.2) is 12.4 Å². The summed E-state index contributed by atoms with van der Waals surface area (Å²) in [5.74, 6) is -2.10. The van der Waals surface area contributed by atoms with E-state index < -0.39 is 40.2 Å². The van der Waals surface area contributed by atoms with Crippen LogP contribution < -0.4 is 4.72 Å². The number of hydrogen-bond acceptors (Lipinski definition) is 5. The van der Waals surface area contributed by atoms with Crippen LogP contribution in [0.5, 0.6) is 0 Å². The van der Waals surface area contributed by atoms with Gasteiger partial charge >= 0.3 is 5.97 Å². The number of carbonyl (C=O) groups excluding carboxylic acids is 2. The molecule has 0 spiro atoms. The molecule has 0 saturated carbocycles. The summed E-state index contributed by atoms with van der Waals surface area (Å²) < 4.78 is 44.0. The largest absolute Gasteiger partial charge is 0.456 e. The minimum Gasteiger partial charge on any atom is -0.456 e. The molecule has 0 amide bonds. The fourth-order valence-electron chi connectivity index (χ4n) is 2.07. The van der Waals surface area contributed by atoms with Gasteiger partial charge in [-0.1, -0.05) is 42.5 Å². The second-order valence-corrected chi connectivity index (χ2v) is 7.24. The van der Waals surface area contributed by atoms with Crippen LogP contribution >= 0.6 is 0 Å². The van der Waals surface area contributed by atoms with Crippen LogP contribution in [-0.2, 0) is 19.6 Å². The quantitative estimate of drug-likeness (QED) is 0.552.